The van der Waals surface area contributed by atoms with Crippen LogP contribution in [0.5, 0.6) is 0 Å². The summed E-state index contributed by atoms with van der Waals surface area (Å²) in [7, 11) is 0. The first-order valence-electron chi connectivity index (χ1n) is 7.80. The Morgan fingerprint density at radius 3 is 2.83 bits per heavy atom. The number of furan rings is 1. The molecule has 2 heterocycles. The van der Waals surface area contributed by atoms with Gasteiger partial charge in [-0.2, -0.15) is 11.8 Å². The highest BCUT2D eigenvalue weighted by atomic mass is 35.5. The van der Waals surface area contributed by atoms with Gasteiger partial charge in [-0.1, -0.05) is 23.7 Å². The third kappa shape index (κ3) is 3.93. The minimum atomic E-state index is -0.00369. The molecule has 0 radical (unpaired) electrons. The van der Waals surface area contributed by atoms with E-state index in [1.165, 1.54) is 5.56 Å². The van der Waals surface area contributed by atoms with Gasteiger partial charge in [0.2, 0.25) is 0 Å². The fourth-order valence-electron chi connectivity index (χ4n) is 3.04. The van der Waals surface area contributed by atoms with E-state index in [0.717, 1.165) is 42.5 Å². The van der Waals surface area contributed by atoms with E-state index in [1.54, 1.807) is 17.8 Å². The van der Waals surface area contributed by atoms with Crippen molar-refractivity contribution in [3.05, 3.63) is 58.5 Å². The number of nitrogens with zero attached hydrogens (tertiary/aromatic N) is 1. The summed E-state index contributed by atoms with van der Waals surface area (Å²) >= 11 is 7.64. The molecule has 1 amide bonds. The molecule has 23 heavy (non-hydrogen) atoms. The Morgan fingerprint density at radius 2 is 2.09 bits per heavy atom. The van der Waals surface area contributed by atoms with Gasteiger partial charge in [-0.15, -0.1) is 0 Å². The maximum absolute atomic E-state index is 12.7. The number of hydrogen-bond acceptors (Lipinski definition) is 3. The van der Waals surface area contributed by atoms with Gasteiger partial charge in [-0.05, 0) is 48.9 Å². The maximum Gasteiger partial charge on any atom is 0.289 e. The Balaban J connectivity index is 1.69. The second-order valence-corrected chi connectivity index (χ2v) is 7.14. The molecule has 1 aromatic heterocycles. The van der Waals surface area contributed by atoms with Crippen LogP contribution in [-0.2, 0) is 5.75 Å². The molecule has 0 spiro atoms. The van der Waals surface area contributed by atoms with Crippen LogP contribution in [0.2, 0.25) is 5.02 Å². The molecule has 122 valence electrons. The van der Waals surface area contributed by atoms with Gasteiger partial charge in [0.15, 0.2) is 5.76 Å². The van der Waals surface area contributed by atoms with Gasteiger partial charge in [-0.3, -0.25) is 4.79 Å². The summed E-state index contributed by atoms with van der Waals surface area (Å²) in [6, 6.07) is 11.6. The SMILES string of the molecule is CSCc1ccc(C(=O)N2CCC[C@H](c3ccc(Cl)cc3)C2)o1. The predicted octanol–water partition coefficient (Wildman–Crippen LogP) is 4.82. The molecule has 3 nitrogen and oxygen atoms in total. The molecule has 1 saturated heterocycles. The van der Waals surface area contributed by atoms with Crippen molar-refractivity contribution in [2.45, 2.75) is 24.5 Å². The average molecular weight is 350 g/mol. The van der Waals surface area contributed by atoms with Crippen LogP contribution in [0.25, 0.3) is 0 Å². The first-order chi connectivity index (χ1) is 11.2. The lowest BCUT2D eigenvalue weighted by Crippen LogP contribution is -2.38. The Hall–Kier alpha value is -1.39. The first kappa shape index (κ1) is 16.5. The van der Waals surface area contributed by atoms with Crippen molar-refractivity contribution in [3.63, 3.8) is 0 Å². The van der Waals surface area contributed by atoms with Crippen LogP contribution in [0.4, 0.5) is 0 Å². The average Bonchev–Trinajstić information content (AvgIpc) is 3.04. The summed E-state index contributed by atoms with van der Waals surface area (Å²) < 4.78 is 5.67. The standard InChI is InChI=1S/C18H20ClNO2S/c1-23-12-16-8-9-17(22-16)18(21)20-10-2-3-14(11-20)13-4-6-15(19)7-5-13/h4-9,14H,2-3,10-12H2,1H3/t14-/m0/s1. The largest absolute Gasteiger partial charge is 0.455 e. The highest BCUT2D eigenvalue weighted by Crippen LogP contribution is 2.29. The van der Waals surface area contributed by atoms with Crippen LogP contribution in [0.3, 0.4) is 0 Å². The molecular formula is C18H20ClNO2S. The van der Waals surface area contributed by atoms with Crippen molar-refractivity contribution in [1.82, 2.24) is 4.90 Å². The maximum atomic E-state index is 12.7. The van der Waals surface area contributed by atoms with Crippen molar-refractivity contribution in [2.75, 3.05) is 19.3 Å². The van der Waals surface area contributed by atoms with Crippen molar-refractivity contribution in [2.24, 2.45) is 0 Å². The molecule has 0 aliphatic carbocycles. The minimum absolute atomic E-state index is 0.00369. The van der Waals surface area contributed by atoms with Crippen LogP contribution in [-0.4, -0.2) is 30.2 Å². The number of thioether (sulfide) groups is 1. The summed E-state index contributed by atoms with van der Waals surface area (Å²) in [5, 5.41) is 0.745. The summed E-state index contributed by atoms with van der Waals surface area (Å²) in [5.41, 5.74) is 1.24. The molecule has 1 aromatic carbocycles. The van der Waals surface area contributed by atoms with Crippen LogP contribution in [0, 0.1) is 0 Å². The van der Waals surface area contributed by atoms with Crippen molar-refractivity contribution >= 4 is 29.3 Å². The van der Waals surface area contributed by atoms with Gasteiger partial charge in [0.25, 0.3) is 5.91 Å². The molecule has 1 aliphatic heterocycles. The smallest absolute Gasteiger partial charge is 0.289 e. The molecule has 5 heteroatoms. The second-order valence-electron chi connectivity index (χ2n) is 5.84. The molecule has 0 bridgehead atoms. The van der Waals surface area contributed by atoms with Crippen molar-refractivity contribution < 1.29 is 9.21 Å². The Bertz CT molecular complexity index is 668. The van der Waals surface area contributed by atoms with Gasteiger partial charge in [0.1, 0.15) is 5.76 Å². The topological polar surface area (TPSA) is 33.5 Å². The highest BCUT2D eigenvalue weighted by Gasteiger charge is 2.27. The van der Waals surface area contributed by atoms with E-state index in [4.69, 9.17) is 16.0 Å². The lowest BCUT2D eigenvalue weighted by atomic mass is 9.90. The lowest BCUT2D eigenvalue weighted by molar-refractivity contribution is 0.0673. The number of halogens is 1. The van der Waals surface area contributed by atoms with Crippen molar-refractivity contribution in [3.8, 4) is 0 Å². The molecule has 1 aliphatic rings. The number of rotatable bonds is 4. The monoisotopic (exact) mass is 349 g/mol. The van der Waals surface area contributed by atoms with Gasteiger partial charge in [0, 0.05) is 24.0 Å². The fraction of sp³-hybridized carbons (Fsp3) is 0.389. The molecule has 0 saturated carbocycles. The predicted molar refractivity (Wildman–Crippen MR) is 95.3 cm³/mol. The summed E-state index contributed by atoms with van der Waals surface area (Å²) in [4.78, 5) is 14.6. The first-order valence-corrected chi connectivity index (χ1v) is 9.57. The Morgan fingerprint density at radius 1 is 1.30 bits per heavy atom. The molecule has 0 unspecified atom stereocenters. The molecule has 1 atom stereocenters. The molecule has 1 fully saturated rings. The molecule has 2 aromatic rings. The lowest BCUT2D eigenvalue weighted by Gasteiger charge is -2.32. The summed E-state index contributed by atoms with van der Waals surface area (Å²) in [6.07, 6.45) is 4.13. The number of piperidine rings is 1. The number of hydrogen-bond donors (Lipinski definition) is 0. The Labute approximate surface area is 146 Å². The third-order valence-corrected chi connectivity index (χ3v) is 5.03. The van der Waals surface area contributed by atoms with E-state index in [1.807, 2.05) is 29.4 Å². The van der Waals surface area contributed by atoms with Gasteiger partial charge in [0.05, 0.1) is 5.75 Å². The van der Waals surface area contributed by atoms with E-state index < -0.39 is 0 Å². The summed E-state index contributed by atoms with van der Waals surface area (Å²) in [6.45, 7) is 1.53. The van der Waals surface area contributed by atoms with E-state index in [0.29, 0.717) is 11.7 Å². The zero-order valence-electron chi connectivity index (χ0n) is 13.1. The number of likely N-dealkylation sites (tertiary alicyclic amines) is 1. The molecular weight excluding hydrogens is 330 g/mol. The van der Waals surface area contributed by atoms with Crippen molar-refractivity contribution in [1.29, 1.82) is 0 Å². The van der Waals surface area contributed by atoms with E-state index in [9.17, 15) is 4.79 Å². The van der Waals surface area contributed by atoms with Gasteiger partial charge >= 0.3 is 0 Å². The fourth-order valence-corrected chi connectivity index (χ4v) is 3.60. The zero-order chi connectivity index (χ0) is 16.2. The molecule has 0 N–H and O–H groups in total. The van der Waals surface area contributed by atoms with E-state index in [2.05, 4.69) is 12.1 Å². The molecule has 3 rings (SSSR count). The van der Waals surface area contributed by atoms with E-state index >= 15 is 0 Å². The van der Waals surface area contributed by atoms with Crippen LogP contribution in [0.15, 0.2) is 40.8 Å². The minimum Gasteiger partial charge on any atom is -0.455 e. The van der Waals surface area contributed by atoms with Gasteiger partial charge in [-0.25, -0.2) is 0 Å². The van der Waals surface area contributed by atoms with Crippen LogP contribution < -0.4 is 0 Å². The van der Waals surface area contributed by atoms with E-state index in [-0.39, 0.29) is 5.91 Å². The van der Waals surface area contributed by atoms with Crippen LogP contribution in [0.1, 0.15) is 40.6 Å². The summed E-state index contributed by atoms with van der Waals surface area (Å²) in [5.74, 6) is 2.46. The Kier molecular flexibility index (Phi) is 5.34. The number of carbonyl (C=O) groups is 1. The van der Waals surface area contributed by atoms with Crippen LogP contribution >= 0.6 is 23.4 Å². The third-order valence-electron chi connectivity index (χ3n) is 4.21. The normalized spacial score (nSPS) is 18.2. The second kappa shape index (κ2) is 7.45. The number of amides is 1. The highest BCUT2D eigenvalue weighted by molar-refractivity contribution is 7.97. The number of carbonyl (C=O) groups excluding carboxylic acids is 1. The quantitative estimate of drug-likeness (QED) is 0.793. The zero-order valence-corrected chi connectivity index (χ0v) is 14.7. The number of benzene rings is 1. The van der Waals surface area contributed by atoms with Gasteiger partial charge < -0.3 is 9.32 Å².